The zero-order valence-electron chi connectivity index (χ0n) is 17.4. The van der Waals surface area contributed by atoms with E-state index in [2.05, 4.69) is 17.4 Å². The van der Waals surface area contributed by atoms with E-state index in [9.17, 15) is 18.3 Å². The van der Waals surface area contributed by atoms with Gasteiger partial charge >= 0.3 is 0 Å². The Morgan fingerprint density at radius 2 is 1.53 bits per heavy atom. The first-order valence-electron chi connectivity index (χ1n) is 9.57. The van der Waals surface area contributed by atoms with Crippen LogP contribution in [0.2, 0.25) is 0 Å². The number of nitrogens with one attached hydrogen (secondary N) is 2. The number of hydrogen-bond acceptors (Lipinski definition) is 6. The summed E-state index contributed by atoms with van der Waals surface area (Å²) in [5.74, 6) is 0.556. The average Bonchev–Trinajstić information content (AvgIpc) is 2.77. The number of aromatic hydroxyl groups is 1. The van der Waals surface area contributed by atoms with Crippen molar-refractivity contribution >= 4 is 27.3 Å². The summed E-state index contributed by atoms with van der Waals surface area (Å²) in [6.07, 6.45) is 1.02. The van der Waals surface area contributed by atoms with Gasteiger partial charge in [0.05, 0.1) is 17.6 Å². The number of hydrazine groups is 1. The molecule has 0 aliphatic rings. The van der Waals surface area contributed by atoms with E-state index in [1.54, 1.807) is 54.6 Å². The minimum absolute atomic E-state index is 0.00479. The van der Waals surface area contributed by atoms with Crippen LogP contribution in [0.4, 0.5) is 5.69 Å². The van der Waals surface area contributed by atoms with Gasteiger partial charge in [0.2, 0.25) is 10.0 Å². The van der Waals surface area contributed by atoms with E-state index in [0.717, 1.165) is 10.6 Å². The Kier molecular flexibility index (Phi) is 7.01. The quantitative estimate of drug-likeness (QED) is 0.429. The molecule has 32 heavy (non-hydrogen) atoms. The number of carbonyl (C=O) groups is 1. The number of nitrogens with zero attached hydrogens (tertiary/aromatic N) is 1. The predicted molar refractivity (Wildman–Crippen MR) is 124 cm³/mol. The monoisotopic (exact) mass is 453 g/mol. The number of amides is 1. The lowest BCUT2D eigenvalue weighted by Gasteiger charge is -2.22. The molecule has 9 heteroatoms. The Morgan fingerprint density at radius 1 is 0.938 bits per heavy atom. The highest BCUT2D eigenvalue weighted by atomic mass is 32.2. The number of rotatable bonds is 9. The van der Waals surface area contributed by atoms with Crippen LogP contribution in [0, 0.1) is 0 Å². The number of hydrogen-bond donors (Lipinski definition) is 3. The second kappa shape index (κ2) is 9.88. The standard InChI is InChI=1S/C23H23N3O5S/c1-17(21-10-6-7-11-22(21)27)24-25-23(28)16-26(32(2,29)30)18-12-14-20(15-13-18)31-19-8-4-3-5-9-19/h3-15,24,27H,1,16H2,2H3,(H,25,28). The van der Waals surface area contributed by atoms with E-state index in [1.165, 1.54) is 6.07 Å². The van der Waals surface area contributed by atoms with Crippen LogP contribution in [-0.4, -0.2) is 32.2 Å². The van der Waals surface area contributed by atoms with E-state index in [1.807, 2.05) is 18.2 Å². The van der Waals surface area contributed by atoms with Gasteiger partial charge in [-0.1, -0.05) is 36.9 Å². The molecule has 0 aromatic heterocycles. The van der Waals surface area contributed by atoms with Crippen molar-refractivity contribution in [1.82, 2.24) is 10.9 Å². The maximum Gasteiger partial charge on any atom is 0.259 e. The van der Waals surface area contributed by atoms with Gasteiger partial charge in [0.25, 0.3) is 5.91 Å². The highest BCUT2D eigenvalue weighted by Gasteiger charge is 2.21. The molecule has 0 heterocycles. The molecule has 8 nitrogen and oxygen atoms in total. The number of sulfonamides is 1. The number of phenols is 1. The van der Waals surface area contributed by atoms with Crippen LogP contribution in [0.1, 0.15) is 5.56 Å². The molecular formula is C23H23N3O5S. The summed E-state index contributed by atoms with van der Waals surface area (Å²) in [7, 11) is -3.74. The third-order valence-electron chi connectivity index (χ3n) is 4.37. The van der Waals surface area contributed by atoms with Gasteiger partial charge in [-0.3, -0.25) is 20.0 Å². The fraction of sp³-hybridized carbons (Fsp3) is 0.0870. The average molecular weight is 454 g/mol. The molecule has 0 saturated heterocycles. The lowest BCUT2D eigenvalue weighted by atomic mass is 10.1. The van der Waals surface area contributed by atoms with Gasteiger partial charge in [-0.15, -0.1) is 0 Å². The molecule has 3 aromatic carbocycles. The van der Waals surface area contributed by atoms with Crippen molar-refractivity contribution in [3.63, 3.8) is 0 Å². The van der Waals surface area contributed by atoms with Crippen molar-refractivity contribution in [3.05, 3.63) is 91.0 Å². The number of carbonyl (C=O) groups excluding carboxylic acids is 1. The van der Waals surface area contributed by atoms with Crippen LogP contribution < -0.4 is 19.9 Å². The molecule has 1 amide bonds. The Bertz CT molecular complexity index is 1200. The van der Waals surface area contributed by atoms with Crippen LogP contribution in [-0.2, 0) is 14.8 Å². The summed E-state index contributed by atoms with van der Waals surface area (Å²) in [6.45, 7) is 3.30. The van der Waals surface area contributed by atoms with Crippen LogP contribution in [0.25, 0.3) is 5.70 Å². The van der Waals surface area contributed by atoms with Gasteiger partial charge in [0.1, 0.15) is 23.8 Å². The normalized spacial score (nSPS) is 10.8. The summed E-state index contributed by atoms with van der Waals surface area (Å²) in [5.41, 5.74) is 5.95. The molecule has 0 unspecified atom stereocenters. The maximum atomic E-state index is 12.4. The molecule has 3 N–H and O–H groups in total. The molecule has 0 aliphatic heterocycles. The number of anilines is 1. The van der Waals surface area contributed by atoms with Crippen molar-refractivity contribution in [2.75, 3.05) is 17.1 Å². The summed E-state index contributed by atoms with van der Waals surface area (Å²) < 4.78 is 31.3. The van der Waals surface area contributed by atoms with Crippen molar-refractivity contribution < 1.29 is 23.1 Å². The van der Waals surface area contributed by atoms with Crippen LogP contribution in [0.15, 0.2) is 85.4 Å². The first kappa shape index (κ1) is 22.7. The summed E-state index contributed by atoms with van der Waals surface area (Å²) in [5, 5.41) is 9.85. The number of benzene rings is 3. The third kappa shape index (κ3) is 6.02. The molecular weight excluding hydrogens is 430 g/mol. The van der Waals surface area contributed by atoms with Gasteiger partial charge in [-0.05, 0) is 48.5 Å². The Labute approximate surface area is 186 Å². The minimum Gasteiger partial charge on any atom is -0.507 e. The second-order valence-corrected chi connectivity index (χ2v) is 8.75. The van der Waals surface area contributed by atoms with Gasteiger partial charge in [-0.25, -0.2) is 8.42 Å². The summed E-state index contributed by atoms with van der Waals surface area (Å²) in [6, 6.07) is 22.0. The molecule has 3 aromatic rings. The van der Waals surface area contributed by atoms with Crippen molar-refractivity contribution in [3.8, 4) is 17.2 Å². The Morgan fingerprint density at radius 3 is 2.16 bits per heavy atom. The van der Waals surface area contributed by atoms with Crippen molar-refractivity contribution in [2.45, 2.75) is 0 Å². The highest BCUT2D eigenvalue weighted by Crippen LogP contribution is 2.25. The van der Waals surface area contributed by atoms with Gasteiger partial charge in [0, 0.05) is 5.56 Å². The number of ether oxygens (including phenoxy) is 1. The van der Waals surface area contributed by atoms with Crippen molar-refractivity contribution in [2.24, 2.45) is 0 Å². The summed E-state index contributed by atoms with van der Waals surface area (Å²) >= 11 is 0. The van der Waals surface area contributed by atoms with E-state index < -0.39 is 22.5 Å². The van der Waals surface area contributed by atoms with Crippen LogP contribution in [0.3, 0.4) is 0 Å². The van der Waals surface area contributed by atoms with Crippen molar-refractivity contribution in [1.29, 1.82) is 0 Å². The van der Waals surface area contributed by atoms with Gasteiger partial charge in [-0.2, -0.15) is 0 Å². The van der Waals surface area contributed by atoms with Crippen LogP contribution >= 0.6 is 0 Å². The predicted octanol–water partition coefficient (Wildman–Crippen LogP) is 3.24. The zero-order chi connectivity index (χ0) is 23.1. The molecule has 166 valence electrons. The molecule has 0 radical (unpaired) electrons. The van der Waals surface area contributed by atoms with Crippen LogP contribution in [0.5, 0.6) is 17.2 Å². The van der Waals surface area contributed by atoms with E-state index in [-0.39, 0.29) is 11.4 Å². The topological polar surface area (TPSA) is 108 Å². The molecule has 0 saturated carbocycles. The van der Waals surface area contributed by atoms with E-state index >= 15 is 0 Å². The lowest BCUT2D eigenvalue weighted by Crippen LogP contribution is -2.44. The Hall–Kier alpha value is -3.98. The minimum atomic E-state index is -3.74. The first-order chi connectivity index (χ1) is 15.2. The lowest BCUT2D eigenvalue weighted by molar-refractivity contribution is -0.120. The maximum absolute atomic E-state index is 12.4. The van der Waals surface area contributed by atoms with E-state index in [0.29, 0.717) is 22.7 Å². The number of phenolic OH excluding ortho intramolecular Hbond substituents is 1. The molecule has 0 fully saturated rings. The second-order valence-electron chi connectivity index (χ2n) is 6.85. The molecule has 0 atom stereocenters. The molecule has 0 spiro atoms. The van der Waals surface area contributed by atoms with Gasteiger partial charge < -0.3 is 9.84 Å². The number of para-hydroxylation sites is 2. The SMILES string of the molecule is C=C(NNC(=O)CN(c1ccc(Oc2ccccc2)cc1)S(C)(=O)=O)c1ccccc1O. The zero-order valence-corrected chi connectivity index (χ0v) is 18.2. The fourth-order valence-corrected chi connectivity index (χ4v) is 3.67. The largest absolute Gasteiger partial charge is 0.507 e. The molecule has 0 aliphatic carbocycles. The Balaban J connectivity index is 1.65. The fourth-order valence-electron chi connectivity index (χ4n) is 2.82. The molecule has 0 bridgehead atoms. The van der Waals surface area contributed by atoms with E-state index in [4.69, 9.17) is 4.74 Å². The van der Waals surface area contributed by atoms with Gasteiger partial charge in [0.15, 0.2) is 0 Å². The molecule has 3 rings (SSSR count). The third-order valence-corrected chi connectivity index (χ3v) is 5.51. The smallest absolute Gasteiger partial charge is 0.259 e. The first-order valence-corrected chi connectivity index (χ1v) is 11.4. The highest BCUT2D eigenvalue weighted by molar-refractivity contribution is 7.92. The summed E-state index contributed by atoms with van der Waals surface area (Å²) in [4.78, 5) is 12.4.